The molecule has 0 fully saturated rings. The number of nitrogens with two attached hydrogens (primary N) is 1. The van der Waals surface area contributed by atoms with Crippen LogP contribution in [-0.2, 0) is 6.18 Å². The molecule has 0 atom stereocenters. The molecule has 0 aromatic heterocycles. The number of rotatable bonds is 4. The molecule has 0 heterocycles. The maximum absolute atomic E-state index is 12.8. The van der Waals surface area contributed by atoms with Crippen LogP contribution < -0.4 is 10.5 Å². The van der Waals surface area contributed by atoms with Crippen molar-refractivity contribution in [1.82, 2.24) is 0 Å². The summed E-state index contributed by atoms with van der Waals surface area (Å²) >= 11 is 0. The first-order valence-corrected chi connectivity index (χ1v) is 4.78. The van der Waals surface area contributed by atoms with Crippen molar-refractivity contribution in [1.29, 1.82) is 0 Å². The van der Waals surface area contributed by atoms with Gasteiger partial charge >= 0.3 is 6.18 Å². The minimum absolute atomic E-state index is 0. The Morgan fingerprint density at radius 2 is 1.78 bits per heavy atom. The van der Waals surface area contributed by atoms with E-state index < -0.39 is 17.6 Å². The number of halogens is 5. The van der Waals surface area contributed by atoms with Crippen LogP contribution in [0.3, 0.4) is 0 Å². The maximum atomic E-state index is 12.8. The Morgan fingerprint density at radius 3 is 2.22 bits per heavy atom. The number of benzene rings is 1. The summed E-state index contributed by atoms with van der Waals surface area (Å²) in [6, 6.07) is 4.02. The number of ether oxygens (including phenoxy) is 1. The average molecular weight is 286 g/mol. The summed E-state index contributed by atoms with van der Waals surface area (Å²) in [5.74, 6) is -0.397. The molecule has 2 N–H and O–H groups in total. The van der Waals surface area contributed by atoms with Crippen LogP contribution in [0.1, 0.15) is 5.56 Å². The Balaban J connectivity index is 0.00000289. The number of hydrogen-bond donors (Lipinski definition) is 1. The first kappa shape index (κ1) is 16.7. The molecule has 0 radical (unpaired) electrons. The fourth-order valence-corrected chi connectivity index (χ4v) is 1.08. The molecule has 0 aliphatic rings. The lowest BCUT2D eigenvalue weighted by Crippen LogP contribution is -2.05. The highest BCUT2D eigenvalue weighted by molar-refractivity contribution is 5.85. The molecule has 0 aliphatic carbocycles. The van der Waals surface area contributed by atoms with Crippen LogP contribution in [0.2, 0.25) is 0 Å². The third-order valence-electron chi connectivity index (χ3n) is 1.90. The molecule has 1 aromatic carbocycles. The molecular formula is C11H12ClF4NO. The first-order valence-electron chi connectivity index (χ1n) is 4.78. The van der Waals surface area contributed by atoms with Crippen molar-refractivity contribution < 1.29 is 22.3 Å². The van der Waals surface area contributed by atoms with E-state index in [0.29, 0.717) is 0 Å². The Kier molecular flexibility index (Phi) is 6.72. The molecule has 0 unspecified atom stereocenters. The summed E-state index contributed by atoms with van der Waals surface area (Å²) in [6.07, 6.45) is -3.26. The van der Waals surface area contributed by atoms with Crippen LogP contribution in [0.5, 0.6) is 5.75 Å². The van der Waals surface area contributed by atoms with Gasteiger partial charge in [0, 0.05) is 6.54 Å². The van der Waals surface area contributed by atoms with Crippen molar-refractivity contribution in [3.8, 4) is 5.75 Å². The molecule has 0 spiro atoms. The van der Waals surface area contributed by atoms with Crippen LogP contribution in [0.4, 0.5) is 17.6 Å². The molecule has 2 nitrogen and oxygen atoms in total. The number of hydrogen-bond acceptors (Lipinski definition) is 2. The number of alkyl halides is 3. The smallest absolute Gasteiger partial charge is 0.416 e. The van der Waals surface area contributed by atoms with E-state index >= 15 is 0 Å². The summed E-state index contributed by atoms with van der Waals surface area (Å²) in [5, 5.41) is 0. The summed E-state index contributed by atoms with van der Waals surface area (Å²) in [4.78, 5) is 0. The second kappa shape index (κ2) is 7.23. The van der Waals surface area contributed by atoms with Gasteiger partial charge in [0.05, 0.1) is 5.56 Å². The molecule has 1 rings (SSSR count). The second-order valence-corrected chi connectivity index (χ2v) is 3.20. The van der Waals surface area contributed by atoms with E-state index in [1.807, 2.05) is 0 Å². The van der Waals surface area contributed by atoms with Crippen LogP contribution in [0.15, 0.2) is 36.2 Å². The molecule has 0 aliphatic heterocycles. The van der Waals surface area contributed by atoms with E-state index in [1.165, 1.54) is 0 Å². The van der Waals surface area contributed by atoms with Crippen molar-refractivity contribution in [3.63, 3.8) is 0 Å². The van der Waals surface area contributed by atoms with E-state index in [0.717, 1.165) is 30.3 Å². The van der Waals surface area contributed by atoms with Crippen molar-refractivity contribution >= 4 is 12.4 Å². The molecule has 0 bridgehead atoms. The van der Waals surface area contributed by atoms with E-state index in [2.05, 4.69) is 0 Å². The van der Waals surface area contributed by atoms with Gasteiger partial charge in [0.1, 0.15) is 18.2 Å². The summed E-state index contributed by atoms with van der Waals surface area (Å²) < 4.78 is 54.4. The topological polar surface area (TPSA) is 35.2 Å². The zero-order valence-corrected chi connectivity index (χ0v) is 10.0. The Hall–Kier alpha value is -1.27. The van der Waals surface area contributed by atoms with Crippen molar-refractivity contribution in [2.75, 3.05) is 13.2 Å². The van der Waals surface area contributed by atoms with Crippen LogP contribution in [0, 0.1) is 0 Å². The van der Waals surface area contributed by atoms with E-state index in [9.17, 15) is 17.6 Å². The van der Waals surface area contributed by atoms with E-state index in [-0.39, 0.29) is 31.3 Å². The minimum Gasteiger partial charge on any atom is -0.487 e. The van der Waals surface area contributed by atoms with Gasteiger partial charge in [-0.2, -0.15) is 13.2 Å². The Morgan fingerprint density at radius 1 is 1.22 bits per heavy atom. The predicted octanol–water partition coefficient (Wildman–Crippen LogP) is 3.32. The molecule has 18 heavy (non-hydrogen) atoms. The molecule has 0 saturated heterocycles. The summed E-state index contributed by atoms with van der Waals surface area (Å²) in [6.45, 7) is -0.301. The molecule has 1 aromatic rings. The van der Waals surface area contributed by atoms with E-state index in [1.54, 1.807) is 0 Å². The van der Waals surface area contributed by atoms with Gasteiger partial charge in [0.25, 0.3) is 0 Å². The van der Waals surface area contributed by atoms with Gasteiger partial charge in [-0.15, -0.1) is 12.4 Å². The summed E-state index contributed by atoms with van der Waals surface area (Å²) in [5.41, 5.74) is 4.29. The predicted molar refractivity (Wildman–Crippen MR) is 62.4 cm³/mol. The lowest BCUT2D eigenvalue weighted by Gasteiger charge is -2.08. The molecule has 0 amide bonds. The monoisotopic (exact) mass is 285 g/mol. The lowest BCUT2D eigenvalue weighted by molar-refractivity contribution is -0.137. The zero-order valence-electron chi connectivity index (χ0n) is 9.21. The maximum Gasteiger partial charge on any atom is 0.416 e. The fraction of sp³-hybridized carbons (Fsp3) is 0.273. The third-order valence-corrected chi connectivity index (χ3v) is 1.90. The SMILES string of the molecule is Cl.NC/C=C(\F)COc1ccc(C(F)(F)F)cc1. The molecule has 102 valence electrons. The quantitative estimate of drug-likeness (QED) is 0.861. The van der Waals surface area contributed by atoms with E-state index in [4.69, 9.17) is 10.5 Å². The van der Waals surface area contributed by atoms with Gasteiger partial charge in [0.15, 0.2) is 0 Å². The zero-order chi connectivity index (χ0) is 12.9. The Bertz CT molecular complexity index is 389. The van der Waals surface area contributed by atoms with Crippen LogP contribution in [-0.4, -0.2) is 13.2 Å². The highest BCUT2D eigenvalue weighted by atomic mass is 35.5. The van der Waals surface area contributed by atoms with Gasteiger partial charge in [-0.05, 0) is 30.3 Å². The average Bonchev–Trinajstić information content (AvgIpc) is 2.26. The van der Waals surface area contributed by atoms with Crippen LogP contribution in [0.25, 0.3) is 0 Å². The lowest BCUT2D eigenvalue weighted by atomic mass is 10.2. The largest absolute Gasteiger partial charge is 0.487 e. The highest BCUT2D eigenvalue weighted by Gasteiger charge is 2.29. The van der Waals surface area contributed by atoms with Gasteiger partial charge in [-0.1, -0.05) is 0 Å². The first-order chi connectivity index (χ1) is 7.93. The normalized spacial score (nSPS) is 11.9. The van der Waals surface area contributed by atoms with Crippen molar-refractivity contribution in [2.24, 2.45) is 5.73 Å². The van der Waals surface area contributed by atoms with Crippen molar-refractivity contribution in [2.45, 2.75) is 6.18 Å². The molecule has 7 heteroatoms. The standard InChI is InChI=1S/C11H11F4NO.ClH/c12-9(5-6-16)7-17-10-3-1-8(2-4-10)11(13,14)15;/h1-5H,6-7,16H2;1H/b9-5-;. The molecular weight excluding hydrogens is 274 g/mol. The van der Waals surface area contributed by atoms with Gasteiger partial charge in [-0.3, -0.25) is 0 Å². The Labute approximate surface area is 108 Å². The van der Waals surface area contributed by atoms with Crippen molar-refractivity contribution in [3.05, 3.63) is 41.7 Å². The summed E-state index contributed by atoms with van der Waals surface area (Å²) in [7, 11) is 0. The third kappa shape index (κ3) is 5.37. The molecule has 0 saturated carbocycles. The fourth-order valence-electron chi connectivity index (χ4n) is 1.08. The van der Waals surface area contributed by atoms with Gasteiger partial charge in [-0.25, -0.2) is 4.39 Å². The minimum atomic E-state index is -4.39. The van der Waals surface area contributed by atoms with Gasteiger partial charge < -0.3 is 10.5 Å². The van der Waals surface area contributed by atoms with Gasteiger partial charge in [0.2, 0.25) is 0 Å². The highest BCUT2D eigenvalue weighted by Crippen LogP contribution is 2.30. The second-order valence-electron chi connectivity index (χ2n) is 3.20. The van der Waals surface area contributed by atoms with Crippen LogP contribution >= 0.6 is 12.4 Å².